The number of ether oxygens (including phenoxy) is 2. The molecule has 0 N–H and O–H groups in total. The molecule has 0 fully saturated rings. The van der Waals surface area contributed by atoms with Gasteiger partial charge in [-0.15, -0.1) is 0 Å². The van der Waals surface area contributed by atoms with Crippen molar-refractivity contribution in [3.63, 3.8) is 0 Å². The van der Waals surface area contributed by atoms with Crippen LogP contribution in [0, 0.1) is 17.8 Å². The first-order valence-corrected chi connectivity index (χ1v) is 9.38. The summed E-state index contributed by atoms with van der Waals surface area (Å²) in [7, 11) is 0. The molecule has 3 nitrogen and oxygen atoms in total. The zero-order valence-corrected chi connectivity index (χ0v) is 17.7. The standard InChI is InChI=1S/C23H37NO2/c1-10-25-19(4)22(6,7)16-24(21-14-12-18(3)13-15-21)17-23(8,9)20(5)26-11-2/h10-15,19-20H,1-2,16-17H2,3-9H3. The minimum atomic E-state index is -0.0440. The van der Waals surface area contributed by atoms with Crippen LogP contribution in [0.4, 0.5) is 5.69 Å². The van der Waals surface area contributed by atoms with E-state index in [2.05, 4.69) is 90.8 Å². The highest BCUT2D eigenvalue weighted by Gasteiger charge is 2.34. The summed E-state index contributed by atoms with van der Waals surface area (Å²) in [5, 5.41) is 0. The van der Waals surface area contributed by atoms with Gasteiger partial charge in [-0.2, -0.15) is 0 Å². The van der Waals surface area contributed by atoms with Crippen LogP contribution in [0.25, 0.3) is 0 Å². The molecule has 0 radical (unpaired) electrons. The van der Waals surface area contributed by atoms with Crippen molar-refractivity contribution in [3.05, 3.63) is 55.5 Å². The van der Waals surface area contributed by atoms with E-state index < -0.39 is 0 Å². The average Bonchev–Trinajstić information content (AvgIpc) is 2.55. The Morgan fingerprint density at radius 2 is 1.27 bits per heavy atom. The maximum atomic E-state index is 5.68. The minimum absolute atomic E-state index is 0.0440. The van der Waals surface area contributed by atoms with Crippen LogP contribution in [0.2, 0.25) is 0 Å². The van der Waals surface area contributed by atoms with Gasteiger partial charge in [0.2, 0.25) is 0 Å². The molecule has 0 spiro atoms. The van der Waals surface area contributed by atoms with Crippen molar-refractivity contribution >= 4 is 5.69 Å². The van der Waals surface area contributed by atoms with Gasteiger partial charge in [0.1, 0.15) is 12.2 Å². The van der Waals surface area contributed by atoms with E-state index in [-0.39, 0.29) is 23.0 Å². The number of anilines is 1. The highest BCUT2D eigenvalue weighted by molar-refractivity contribution is 5.48. The Morgan fingerprint density at radius 3 is 1.62 bits per heavy atom. The van der Waals surface area contributed by atoms with Gasteiger partial charge in [0.25, 0.3) is 0 Å². The van der Waals surface area contributed by atoms with E-state index in [0.717, 1.165) is 13.1 Å². The Morgan fingerprint density at radius 1 is 0.885 bits per heavy atom. The fourth-order valence-corrected chi connectivity index (χ4v) is 2.89. The smallest absolute Gasteiger partial charge is 0.102 e. The van der Waals surface area contributed by atoms with Crippen LogP contribution in [-0.2, 0) is 9.47 Å². The third-order valence-corrected chi connectivity index (χ3v) is 5.40. The van der Waals surface area contributed by atoms with Gasteiger partial charge >= 0.3 is 0 Å². The van der Waals surface area contributed by atoms with E-state index >= 15 is 0 Å². The molecule has 1 rings (SSSR count). The molecular weight excluding hydrogens is 322 g/mol. The van der Waals surface area contributed by atoms with Gasteiger partial charge in [0.05, 0.1) is 12.5 Å². The van der Waals surface area contributed by atoms with Crippen LogP contribution >= 0.6 is 0 Å². The van der Waals surface area contributed by atoms with Gasteiger partial charge in [0.15, 0.2) is 0 Å². The van der Waals surface area contributed by atoms with E-state index in [1.807, 2.05) is 0 Å². The Kier molecular flexibility index (Phi) is 7.80. The molecule has 0 amide bonds. The van der Waals surface area contributed by atoms with Crippen molar-refractivity contribution < 1.29 is 9.47 Å². The van der Waals surface area contributed by atoms with Gasteiger partial charge < -0.3 is 14.4 Å². The normalized spacial score (nSPS) is 14.3. The summed E-state index contributed by atoms with van der Waals surface area (Å²) in [5.74, 6) is 0. The third kappa shape index (κ3) is 6.12. The number of nitrogens with zero attached hydrogens (tertiary/aromatic N) is 1. The van der Waals surface area contributed by atoms with Crippen molar-refractivity contribution in [1.29, 1.82) is 0 Å². The predicted octanol–water partition coefficient (Wildman–Crippen LogP) is 5.95. The maximum Gasteiger partial charge on any atom is 0.102 e. The van der Waals surface area contributed by atoms with Crippen LogP contribution < -0.4 is 4.90 Å². The molecule has 2 atom stereocenters. The summed E-state index contributed by atoms with van der Waals surface area (Å²) in [4.78, 5) is 2.44. The van der Waals surface area contributed by atoms with Crippen LogP contribution in [0.5, 0.6) is 0 Å². The van der Waals surface area contributed by atoms with E-state index in [1.54, 1.807) is 0 Å². The highest BCUT2D eigenvalue weighted by atomic mass is 16.5. The fourth-order valence-electron chi connectivity index (χ4n) is 2.89. The van der Waals surface area contributed by atoms with E-state index in [0.29, 0.717) is 0 Å². The molecule has 0 aliphatic rings. The molecule has 0 saturated carbocycles. The van der Waals surface area contributed by atoms with Crippen molar-refractivity contribution in [3.8, 4) is 0 Å². The quantitative estimate of drug-likeness (QED) is 0.456. The van der Waals surface area contributed by atoms with Gasteiger partial charge in [-0.05, 0) is 32.9 Å². The molecule has 0 saturated heterocycles. The minimum Gasteiger partial charge on any atom is -0.498 e. The summed E-state index contributed by atoms with van der Waals surface area (Å²) in [5.41, 5.74) is 2.39. The number of benzene rings is 1. The first-order valence-electron chi connectivity index (χ1n) is 9.38. The van der Waals surface area contributed by atoms with Crippen LogP contribution in [0.1, 0.15) is 47.1 Å². The summed E-state index contributed by atoms with van der Waals surface area (Å²) in [6.45, 7) is 24.4. The lowest BCUT2D eigenvalue weighted by Gasteiger charge is -2.42. The first-order chi connectivity index (χ1) is 12.0. The Labute approximate surface area is 160 Å². The van der Waals surface area contributed by atoms with Crippen LogP contribution in [-0.4, -0.2) is 25.3 Å². The molecule has 0 heterocycles. The predicted molar refractivity (Wildman–Crippen MR) is 112 cm³/mol. The molecule has 0 aromatic heterocycles. The van der Waals surface area contributed by atoms with Crippen LogP contribution in [0.3, 0.4) is 0 Å². The SMILES string of the molecule is C=COC(C)C(C)(C)CN(CC(C)(C)C(C)OC=C)c1ccc(C)cc1. The zero-order valence-electron chi connectivity index (χ0n) is 17.7. The molecule has 146 valence electrons. The molecular formula is C23H37NO2. The van der Waals surface area contributed by atoms with E-state index in [9.17, 15) is 0 Å². The molecule has 0 aliphatic heterocycles. The Bertz CT molecular complexity index is 544. The molecule has 2 unspecified atom stereocenters. The lowest BCUT2D eigenvalue weighted by Crippen LogP contribution is -2.47. The second kappa shape index (κ2) is 9.16. The summed E-state index contributed by atoms with van der Waals surface area (Å²) in [6, 6.07) is 8.71. The number of rotatable bonds is 11. The highest BCUT2D eigenvalue weighted by Crippen LogP contribution is 2.32. The molecule has 0 bridgehead atoms. The van der Waals surface area contributed by atoms with Crippen molar-refractivity contribution in [2.75, 3.05) is 18.0 Å². The molecule has 1 aromatic carbocycles. The summed E-state index contributed by atoms with van der Waals surface area (Å²) >= 11 is 0. The maximum absolute atomic E-state index is 5.68. The summed E-state index contributed by atoms with van der Waals surface area (Å²) < 4.78 is 11.4. The van der Waals surface area contributed by atoms with Gasteiger partial charge in [0, 0.05) is 29.6 Å². The molecule has 3 heteroatoms. The lowest BCUT2D eigenvalue weighted by molar-refractivity contribution is 0.0404. The van der Waals surface area contributed by atoms with Crippen LogP contribution in [0.15, 0.2) is 49.9 Å². The van der Waals surface area contributed by atoms with Gasteiger partial charge in [-0.25, -0.2) is 0 Å². The second-order valence-electron chi connectivity index (χ2n) is 8.56. The van der Waals surface area contributed by atoms with E-state index in [1.165, 1.54) is 23.8 Å². The lowest BCUT2D eigenvalue weighted by atomic mass is 9.83. The second-order valence-corrected chi connectivity index (χ2v) is 8.56. The molecule has 26 heavy (non-hydrogen) atoms. The van der Waals surface area contributed by atoms with Crippen molar-refractivity contribution in [2.24, 2.45) is 10.8 Å². The third-order valence-electron chi connectivity index (χ3n) is 5.40. The van der Waals surface area contributed by atoms with E-state index in [4.69, 9.17) is 9.47 Å². The van der Waals surface area contributed by atoms with Gasteiger partial charge in [-0.3, -0.25) is 0 Å². The largest absolute Gasteiger partial charge is 0.498 e. The fraction of sp³-hybridized carbons (Fsp3) is 0.565. The monoisotopic (exact) mass is 359 g/mol. The Balaban J connectivity index is 3.12. The average molecular weight is 360 g/mol. The number of hydrogen-bond donors (Lipinski definition) is 0. The summed E-state index contributed by atoms with van der Waals surface area (Å²) in [6.07, 6.45) is 3.20. The van der Waals surface area contributed by atoms with Gasteiger partial charge in [-0.1, -0.05) is 58.5 Å². The number of aryl methyl sites for hydroxylation is 1. The van der Waals surface area contributed by atoms with Crippen molar-refractivity contribution in [2.45, 2.75) is 60.7 Å². The molecule has 1 aromatic rings. The molecule has 0 aliphatic carbocycles. The number of hydrogen-bond acceptors (Lipinski definition) is 3. The van der Waals surface area contributed by atoms with Crippen molar-refractivity contribution in [1.82, 2.24) is 0 Å². The zero-order chi connectivity index (χ0) is 20.0. The first kappa shape index (κ1) is 22.1. The Hall–Kier alpha value is -1.90. The topological polar surface area (TPSA) is 21.7 Å².